The Morgan fingerprint density at radius 3 is 2.56 bits per heavy atom. The lowest BCUT2D eigenvalue weighted by Gasteiger charge is -2.29. The molecule has 7 nitrogen and oxygen atoms in total. The Bertz CT molecular complexity index is 1230. The van der Waals surface area contributed by atoms with E-state index in [0.717, 1.165) is 60.1 Å². The highest BCUT2D eigenvalue weighted by Crippen LogP contribution is 2.38. The van der Waals surface area contributed by atoms with Crippen LogP contribution in [0.25, 0.3) is 22.0 Å². The molecule has 196 valence electrons. The van der Waals surface area contributed by atoms with E-state index in [-0.39, 0.29) is 6.61 Å². The number of aliphatic hydroxyl groups is 2. The molecule has 2 N–H and O–H groups in total. The van der Waals surface area contributed by atoms with Gasteiger partial charge in [-0.15, -0.1) is 0 Å². The van der Waals surface area contributed by atoms with Gasteiger partial charge in [-0.1, -0.05) is 5.92 Å². The van der Waals surface area contributed by atoms with Crippen molar-refractivity contribution < 1.29 is 14.9 Å². The summed E-state index contributed by atoms with van der Waals surface area (Å²) < 4.78 is 10.1. The van der Waals surface area contributed by atoms with Crippen molar-refractivity contribution in [3.05, 3.63) is 36.5 Å². The molecule has 3 heterocycles. The first-order chi connectivity index (χ1) is 17.0. The Morgan fingerprint density at radius 1 is 1.14 bits per heavy atom. The molecular formula is C28H40N4O3S. The fourth-order valence-electron chi connectivity index (χ4n) is 4.61. The summed E-state index contributed by atoms with van der Waals surface area (Å²) in [5.74, 6) is 7.37. The molecule has 1 fully saturated rings. The maximum absolute atomic E-state index is 10.0. The monoisotopic (exact) mass is 512 g/mol. The summed E-state index contributed by atoms with van der Waals surface area (Å²) in [6, 6.07) is 2.39. The van der Waals surface area contributed by atoms with Crippen molar-refractivity contribution in [2.45, 2.75) is 57.9 Å². The van der Waals surface area contributed by atoms with Gasteiger partial charge in [0.15, 0.2) is 0 Å². The molecule has 3 aromatic rings. The van der Waals surface area contributed by atoms with Crippen molar-refractivity contribution in [3.63, 3.8) is 0 Å². The highest BCUT2D eigenvalue weighted by Gasteiger charge is 2.24. The van der Waals surface area contributed by atoms with Crippen LogP contribution in [-0.2, 0) is 11.5 Å². The van der Waals surface area contributed by atoms with Crippen molar-refractivity contribution >= 4 is 20.9 Å². The van der Waals surface area contributed by atoms with E-state index in [2.05, 4.69) is 51.5 Å². The molecule has 1 aliphatic rings. The van der Waals surface area contributed by atoms with Crippen LogP contribution < -0.4 is 0 Å². The Balaban J connectivity index is 1.64. The van der Waals surface area contributed by atoms with E-state index in [1.54, 1.807) is 13.8 Å². The molecule has 1 saturated carbocycles. The van der Waals surface area contributed by atoms with Gasteiger partial charge in [0, 0.05) is 47.3 Å². The lowest BCUT2D eigenvalue weighted by molar-refractivity contribution is 0.0809. The zero-order valence-corrected chi connectivity index (χ0v) is 23.0. The second-order valence-corrected chi connectivity index (χ2v) is 15.9. The van der Waals surface area contributed by atoms with Gasteiger partial charge in [-0.3, -0.25) is 0 Å². The van der Waals surface area contributed by atoms with E-state index in [1.807, 2.05) is 29.3 Å². The SMILES string of the molecule is CC(C)(O)C#Cc1cc2c(-c3cnn(COCCS(C)(C)C)c3)cn(C3CCC(CO)CC3)c2cn1. The maximum Gasteiger partial charge on any atom is 0.139 e. The smallest absolute Gasteiger partial charge is 0.139 e. The molecular weight excluding hydrogens is 472 g/mol. The molecule has 0 saturated heterocycles. The van der Waals surface area contributed by atoms with Crippen LogP contribution in [0.2, 0.25) is 0 Å². The predicted molar refractivity (Wildman–Crippen MR) is 148 cm³/mol. The summed E-state index contributed by atoms with van der Waals surface area (Å²) in [7, 11) is -0.576. The number of pyridine rings is 1. The molecule has 8 heteroatoms. The normalized spacial score (nSPS) is 19.3. The number of nitrogens with zero attached hydrogens (tertiary/aromatic N) is 4. The average Bonchev–Trinajstić information content (AvgIpc) is 3.44. The number of ether oxygens (including phenoxy) is 1. The molecule has 0 spiro atoms. The molecule has 36 heavy (non-hydrogen) atoms. The molecule has 0 unspecified atom stereocenters. The summed E-state index contributed by atoms with van der Waals surface area (Å²) in [5, 5.41) is 25.2. The first kappa shape index (κ1) is 26.7. The van der Waals surface area contributed by atoms with Crippen molar-refractivity contribution in [1.29, 1.82) is 0 Å². The molecule has 0 radical (unpaired) electrons. The number of hydrogen-bond donors (Lipinski definition) is 2. The van der Waals surface area contributed by atoms with Gasteiger partial charge in [0.1, 0.15) is 18.0 Å². The standard InChI is InChI=1S/C28H40N4O3S/c1-28(2,34)11-10-23-14-25-26(22-15-30-31(17-22)20-35-12-13-36(3,4)5)18-32(27(25)16-29-23)24-8-6-21(19-33)7-9-24/h14-18,21,24,33-34H,6-9,12-13,19-20H2,1-5H3. The average molecular weight is 513 g/mol. The van der Waals surface area contributed by atoms with E-state index in [1.165, 1.54) is 0 Å². The largest absolute Gasteiger partial charge is 0.396 e. The minimum Gasteiger partial charge on any atom is -0.396 e. The first-order valence-electron chi connectivity index (χ1n) is 12.7. The van der Waals surface area contributed by atoms with Crippen molar-refractivity contribution in [2.24, 2.45) is 5.92 Å². The van der Waals surface area contributed by atoms with Crippen molar-refractivity contribution in [3.8, 4) is 23.0 Å². The first-order valence-corrected chi connectivity index (χ1v) is 15.7. The van der Waals surface area contributed by atoms with E-state index in [9.17, 15) is 10.2 Å². The van der Waals surface area contributed by atoms with Crippen LogP contribution >= 0.6 is 10.0 Å². The van der Waals surface area contributed by atoms with E-state index in [0.29, 0.717) is 24.4 Å². The highest BCUT2D eigenvalue weighted by atomic mass is 32.3. The van der Waals surface area contributed by atoms with Crippen molar-refractivity contribution in [1.82, 2.24) is 19.3 Å². The molecule has 3 aromatic heterocycles. The third-order valence-electron chi connectivity index (χ3n) is 6.69. The molecule has 0 bridgehead atoms. The molecule has 4 rings (SSSR count). The van der Waals surface area contributed by atoms with E-state index in [4.69, 9.17) is 4.74 Å². The third-order valence-corrected chi connectivity index (χ3v) is 8.08. The van der Waals surface area contributed by atoms with Gasteiger partial charge in [-0.2, -0.15) is 5.10 Å². The van der Waals surface area contributed by atoms with Gasteiger partial charge >= 0.3 is 0 Å². The minimum atomic E-state index is -1.08. The minimum absolute atomic E-state index is 0.271. The van der Waals surface area contributed by atoms with E-state index < -0.39 is 15.6 Å². The van der Waals surface area contributed by atoms with Gasteiger partial charge in [0.2, 0.25) is 0 Å². The summed E-state index contributed by atoms with van der Waals surface area (Å²) in [6.07, 6.45) is 19.1. The lowest BCUT2D eigenvalue weighted by Crippen LogP contribution is -2.19. The zero-order valence-electron chi connectivity index (χ0n) is 22.2. The summed E-state index contributed by atoms with van der Waals surface area (Å²) in [4.78, 5) is 4.59. The molecule has 0 aromatic carbocycles. The Kier molecular flexibility index (Phi) is 8.15. The van der Waals surface area contributed by atoms with Crippen LogP contribution in [0.3, 0.4) is 0 Å². The number of aliphatic hydroxyl groups excluding tert-OH is 1. The van der Waals surface area contributed by atoms with Gasteiger partial charge < -0.3 is 19.5 Å². The summed E-state index contributed by atoms with van der Waals surface area (Å²) >= 11 is 0. The Labute approximate surface area is 216 Å². The second kappa shape index (κ2) is 11.0. The summed E-state index contributed by atoms with van der Waals surface area (Å²) in [6.45, 7) is 4.78. The number of hydrogen-bond acceptors (Lipinski definition) is 5. The maximum atomic E-state index is 10.0. The van der Waals surface area contributed by atoms with Gasteiger partial charge in [-0.25, -0.2) is 19.7 Å². The Hall–Kier alpha value is -2.31. The quantitative estimate of drug-likeness (QED) is 0.345. The number of fused-ring (bicyclic) bond motifs is 1. The molecule has 1 aliphatic carbocycles. The third kappa shape index (κ3) is 6.92. The lowest BCUT2D eigenvalue weighted by atomic mass is 9.86. The fourth-order valence-corrected chi connectivity index (χ4v) is 5.23. The van der Waals surface area contributed by atoms with Crippen LogP contribution in [0, 0.1) is 17.8 Å². The molecule has 0 aliphatic heterocycles. The predicted octanol–water partition coefficient (Wildman–Crippen LogP) is 4.41. The molecule has 0 amide bonds. The van der Waals surface area contributed by atoms with Crippen LogP contribution in [-0.4, -0.2) is 72.9 Å². The summed E-state index contributed by atoms with van der Waals surface area (Å²) in [5.41, 5.74) is 2.75. The van der Waals surface area contributed by atoms with Crippen LogP contribution in [0.15, 0.2) is 30.9 Å². The second-order valence-electron chi connectivity index (χ2n) is 11.3. The highest BCUT2D eigenvalue weighted by molar-refractivity contribution is 8.32. The van der Waals surface area contributed by atoms with E-state index >= 15 is 0 Å². The fraction of sp³-hybridized carbons (Fsp3) is 0.571. The topological polar surface area (TPSA) is 85.3 Å². The van der Waals surface area contributed by atoms with Crippen LogP contribution in [0.1, 0.15) is 51.3 Å². The number of aromatic nitrogens is 4. The Morgan fingerprint density at radius 2 is 1.89 bits per heavy atom. The van der Waals surface area contributed by atoms with Crippen molar-refractivity contribution in [2.75, 3.05) is 37.7 Å². The molecule has 0 atom stereocenters. The number of rotatable bonds is 8. The van der Waals surface area contributed by atoms with Gasteiger partial charge in [0.05, 0.1) is 24.5 Å². The van der Waals surface area contributed by atoms with Crippen LogP contribution in [0.5, 0.6) is 0 Å². The zero-order chi connectivity index (χ0) is 25.9. The van der Waals surface area contributed by atoms with Gasteiger partial charge in [0.25, 0.3) is 0 Å². The van der Waals surface area contributed by atoms with Crippen LogP contribution in [0.4, 0.5) is 0 Å². The van der Waals surface area contributed by atoms with Gasteiger partial charge in [-0.05, 0) is 76.2 Å².